The lowest BCUT2D eigenvalue weighted by atomic mass is 10.0. The van der Waals surface area contributed by atoms with Crippen LogP contribution in [0.15, 0.2) is 24.3 Å². The van der Waals surface area contributed by atoms with Crippen molar-refractivity contribution in [3.8, 4) is 0 Å². The monoisotopic (exact) mass is 397 g/mol. The fourth-order valence-electron chi connectivity index (χ4n) is 2.98. The average Bonchev–Trinajstić information content (AvgIpc) is 2.66. The third-order valence-corrected chi connectivity index (χ3v) is 4.63. The molecule has 1 heterocycles. The summed E-state index contributed by atoms with van der Waals surface area (Å²) >= 11 is 0. The van der Waals surface area contributed by atoms with Crippen molar-refractivity contribution in [2.24, 2.45) is 11.7 Å². The first-order chi connectivity index (χ1) is 12.3. The van der Waals surface area contributed by atoms with Crippen molar-refractivity contribution in [2.75, 3.05) is 19.0 Å². The second-order valence-electron chi connectivity index (χ2n) is 6.87. The highest BCUT2D eigenvalue weighted by Crippen LogP contribution is 2.22. The zero-order chi connectivity index (χ0) is 19.3. The Kier molecular flexibility index (Phi) is 8.72. The number of hydrogen-bond acceptors (Lipinski definition) is 5. The van der Waals surface area contributed by atoms with Gasteiger partial charge in [-0.2, -0.15) is 0 Å². The van der Waals surface area contributed by atoms with Crippen LogP contribution < -0.4 is 11.1 Å². The highest BCUT2D eigenvalue weighted by atomic mass is 35.5. The van der Waals surface area contributed by atoms with Crippen molar-refractivity contribution < 1.29 is 19.1 Å². The Balaban J connectivity index is 0.00000364. The summed E-state index contributed by atoms with van der Waals surface area (Å²) in [7, 11) is 1.33. The molecule has 7 nitrogen and oxygen atoms in total. The van der Waals surface area contributed by atoms with Crippen LogP contribution in [0.4, 0.5) is 5.69 Å². The molecule has 0 bridgehead atoms. The Morgan fingerprint density at radius 3 is 2.59 bits per heavy atom. The predicted molar refractivity (Wildman–Crippen MR) is 106 cm³/mol. The molecule has 1 aliphatic rings. The fourth-order valence-corrected chi connectivity index (χ4v) is 2.98. The molecule has 1 unspecified atom stereocenters. The number of nitrogens with one attached hydrogen (secondary N) is 1. The van der Waals surface area contributed by atoms with Crippen LogP contribution in [0.2, 0.25) is 0 Å². The number of methoxy groups -OCH3 is 1. The molecule has 2 rings (SSSR count). The number of nitrogens with zero attached hydrogens (tertiary/aromatic N) is 1. The van der Waals surface area contributed by atoms with Crippen molar-refractivity contribution in [1.29, 1.82) is 0 Å². The van der Waals surface area contributed by atoms with Crippen LogP contribution in [0.5, 0.6) is 0 Å². The van der Waals surface area contributed by atoms with Gasteiger partial charge in [0.2, 0.25) is 5.91 Å². The van der Waals surface area contributed by atoms with Gasteiger partial charge >= 0.3 is 5.97 Å². The maximum atomic E-state index is 12.9. The minimum Gasteiger partial charge on any atom is -0.467 e. The van der Waals surface area contributed by atoms with Crippen molar-refractivity contribution in [2.45, 2.75) is 45.2 Å². The highest BCUT2D eigenvalue weighted by Gasteiger charge is 2.33. The Morgan fingerprint density at radius 1 is 1.26 bits per heavy atom. The van der Waals surface area contributed by atoms with Gasteiger partial charge in [-0.1, -0.05) is 19.9 Å². The number of benzene rings is 1. The lowest BCUT2D eigenvalue weighted by Gasteiger charge is -2.33. The largest absolute Gasteiger partial charge is 0.467 e. The van der Waals surface area contributed by atoms with Gasteiger partial charge in [0, 0.05) is 17.8 Å². The molecule has 1 aliphatic heterocycles. The zero-order valence-electron chi connectivity index (χ0n) is 15.9. The van der Waals surface area contributed by atoms with Crippen LogP contribution in [-0.2, 0) is 14.3 Å². The standard InChI is InChI=1S/C19H27N3O4.ClH/c1-12(2)16(20)17(23)21-14-8-6-7-13(11-14)18(24)22-10-5-4-9-15(22)19(25)26-3;/h6-8,11-12,15-16H,4-5,9-10,20H2,1-3H3,(H,21,23);1H/t15?,16-;/m0./s1. The summed E-state index contributed by atoms with van der Waals surface area (Å²) in [5, 5.41) is 2.74. The van der Waals surface area contributed by atoms with E-state index in [0.717, 1.165) is 12.8 Å². The SMILES string of the molecule is COC(=O)C1CCCCN1C(=O)c1cccc(NC(=O)[C@@H](N)C(C)C)c1.Cl. The van der Waals surface area contributed by atoms with E-state index in [1.807, 2.05) is 13.8 Å². The molecule has 150 valence electrons. The number of hydrogen-bond donors (Lipinski definition) is 2. The van der Waals surface area contributed by atoms with E-state index in [0.29, 0.717) is 24.2 Å². The average molecular weight is 398 g/mol. The Bertz CT molecular complexity index is 681. The van der Waals surface area contributed by atoms with Crippen molar-refractivity contribution in [3.05, 3.63) is 29.8 Å². The van der Waals surface area contributed by atoms with Crippen molar-refractivity contribution in [3.63, 3.8) is 0 Å². The minimum absolute atomic E-state index is 0. The molecule has 3 N–H and O–H groups in total. The van der Waals surface area contributed by atoms with Gasteiger partial charge in [-0.25, -0.2) is 4.79 Å². The first-order valence-corrected chi connectivity index (χ1v) is 8.90. The van der Waals surface area contributed by atoms with Crippen LogP contribution >= 0.6 is 12.4 Å². The van der Waals surface area contributed by atoms with E-state index in [9.17, 15) is 14.4 Å². The Hall–Kier alpha value is -2.12. The number of nitrogens with two attached hydrogens (primary N) is 1. The van der Waals surface area contributed by atoms with Crippen molar-refractivity contribution >= 4 is 35.9 Å². The fraction of sp³-hybridized carbons (Fsp3) is 0.526. The predicted octanol–water partition coefficient (Wildman–Crippen LogP) is 2.20. The van der Waals surface area contributed by atoms with Gasteiger partial charge in [0.25, 0.3) is 5.91 Å². The first-order valence-electron chi connectivity index (χ1n) is 8.90. The molecule has 2 atom stereocenters. The number of rotatable bonds is 5. The van der Waals surface area contributed by atoms with Crippen LogP contribution in [0, 0.1) is 5.92 Å². The van der Waals surface area contributed by atoms with Crippen molar-refractivity contribution in [1.82, 2.24) is 4.90 Å². The first kappa shape index (κ1) is 22.9. The molecule has 2 amide bonds. The van der Waals surface area contributed by atoms with Gasteiger partial charge in [0.05, 0.1) is 13.2 Å². The molecule has 0 aliphatic carbocycles. The third kappa shape index (κ3) is 5.68. The summed E-state index contributed by atoms with van der Waals surface area (Å²) in [6.45, 7) is 4.24. The summed E-state index contributed by atoms with van der Waals surface area (Å²) in [6, 6.07) is 5.49. The molecule has 1 saturated heterocycles. The van der Waals surface area contributed by atoms with Gasteiger partial charge in [0.1, 0.15) is 6.04 Å². The van der Waals surface area contributed by atoms with E-state index < -0.39 is 18.1 Å². The van der Waals surface area contributed by atoms with E-state index in [1.54, 1.807) is 29.2 Å². The molecule has 27 heavy (non-hydrogen) atoms. The molecule has 0 saturated carbocycles. The van der Waals surface area contributed by atoms with E-state index in [2.05, 4.69) is 5.32 Å². The number of likely N-dealkylation sites (tertiary alicyclic amines) is 1. The topological polar surface area (TPSA) is 102 Å². The molecular weight excluding hydrogens is 370 g/mol. The number of carbonyl (C=O) groups is 3. The van der Waals surface area contributed by atoms with Gasteiger partial charge in [-0.05, 0) is 43.4 Å². The van der Waals surface area contributed by atoms with Gasteiger partial charge in [-0.15, -0.1) is 12.4 Å². The normalized spacial score (nSPS) is 17.7. The van der Waals surface area contributed by atoms with Gasteiger partial charge < -0.3 is 20.7 Å². The summed E-state index contributed by atoms with van der Waals surface area (Å²) in [5.41, 5.74) is 6.77. The smallest absolute Gasteiger partial charge is 0.328 e. The van der Waals surface area contributed by atoms with Crippen LogP contribution in [0.3, 0.4) is 0 Å². The van der Waals surface area contributed by atoms with Gasteiger partial charge in [-0.3, -0.25) is 9.59 Å². The number of amides is 2. The summed E-state index contributed by atoms with van der Waals surface area (Å²) in [6.07, 6.45) is 2.32. The van der Waals surface area contributed by atoms with E-state index in [-0.39, 0.29) is 30.1 Å². The number of piperidine rings is 1. The number of ether oxygens (including phenoxy) is 1. The van der Waals surface area contributed by atoms with Crippen LogP contribution in [-0.4, -0.2) is 48.4 Å². The quantitative estimate of drug-likeness (QED) is 0.741. The lowest BCUT2D eigenvalue weighted by Crippen LogP contribution is -2.48. The number of carbonyl (C=O) groups excluding carboxylic acids is 3. The van der Waals surface area contributed by atoms with E-state index >= 15 is 0 Å². The molecule has 0 aromatic heterocycles. The molecule has 1 aromatic rings. The summed E-state index contributed by atoms with van der Waals surface area (Å²) in [4.78, 5) is 38.5. The third-order valence-electron chi connectivity index (χ3n) is 4.63. The molecular formula is C19H28ClN3O4. The summed E-state index contributed by atoms with van der Waals surface area (Å²) < 4.78 is 4.83. The Morgan fingerprint density at radius 2 is 1.96 bits per heavy atom. The zero-order valence-corrected chi connectivity index (χ0v) is 16.8. The second kappa shape index (κ2) is 10.3. The molecule has 8 heteroatoms. The number of esters is 1. The molecule has 1 fully saturated rings. The molecule has 0 radical (unpaired) electrons. The lowest BCUT2D eigenvalue weighted by molar-refractivity contribution is -0.147. The maximum absolute atomic E-state index is 12.9. The van der Waals surface area contributed by atoms with E-state index in [1.165, 1.54) is 7.11 Å². The highest BCUT2D eigenvalue weighted by molar-refractivity contribution is 6.00. The Labute approximate surface area is 166 Å². The molecule has 0 spiro atoms. The summed E-state index contributed by atoms with van der Waals surface area (Å²) in [5.74, 6) is -0.932. The van der Waals surface area contributed by atoms with E-state index in [4.69, 9.17) is 10.5 Å². The molecule has 1 aromatic carbocycles. The second-order valence-corrected chi connectivity index (χ2v) is 6.87. The number of halogens is 1. The number of anilines is 1. The van der Waals surface area contributed by atoms with Crippen LogP contribution in [0.1, 0.15) is 43.5 Å². The van der Waals surface area contributed by atoms with Gasteiger partial charge in [0.15, 0.2) is 0 Å². The minimum atomic E-state index is -0.625. The van der Waals surface area contributed by atoms with Crippen LogP contribution in [0.25, 0.3) is 0 Å². The maximum Gasteiger partial charge on any atom is 0.328 e.